The number of nitrogens with one attached hydrogen (secondary N) is 3. The Balaban J connectivity index is 1.38. The number of hydrogen-bond donors (Lipinski definition) is 4. The number of nitrogens with zero attached hydrogens (tertiary/aromatic N) is 4. The largest absolute Gasteiger partial charge is 0.396 e. The molecule has 0 saturated carbocycles. The molecule has 1 fully saturated rings. The zero-order valence-corrected chi connectivity index (χ0v) is 21.2. The van der Waals surface area contributed by atoms with Gasteiger partial charge in [0, 0.05) is 43.0 Å². The number of H-pyrrole nitrogens is 1. The number of aliphatic hydroxyl groups excluding tert-OH is 1. The molecule has 5 rings (SSSR count). The van der Waals surface area contributed by atoms with Gasteiger partial charge >= 0.3 is 0 Å². The van der Waals surface area contributed by atoms with E-state index in [1.54, 1.807) is 55.8 Å². The van der Waals surface area contributed by atoms with Crippen LogP contribution in [0.3, 0.4) is 0 Å². The van der Waals surface area contributed by atoms with Crippen LogP contribution in [-0.4, -0.2) is 62.3 Å². The van der Waals surface area contributed by atoms with Gasteiger partial charge in [-0.15, -0.1) is 0 Å². The van der Waals surface area contributed by atoms with E-state index in [0.717, 1.165) is 0 Å². The van der Waals surface area contributed by atoms with Gasteiger partial charge in [0.05, 0.1) is 35.7 Å². The number of imidazole rings is 1. The highest BCUT2D eigenvalue weighted by molar-refractivity contribution is 5.95. The van der Waals surface area contributed by atoms with Crippen molar-refractivity contribution in [2.75, 3.05) is 37.0 Å². The number of ether oxygens (including phenoxy) is 2. The number of aliphatic hydroxyl groups is 1. The first-order chi connectivity index (χ1) is 18.9. The Morgan fingerprint density at radius 3 is 2.56 bits per heavy atom. The van der Waals surface area contributed by atoms with Crippen LogP contribution in [-0.2, 0) is 14.3 Å². The van der Waals surface area contributed by atoms with Crippen molar-refractivity contribution in [1.82, 2.24) is 24.9 Å². The van der Waals surface area contributed by atoms with Gasteiger partial charge in [-0.1, -0.05) is 0 Å². The second-order valence-corrected chi connectivity index (χ2v) is 9.33. The average Bonchev–Trinajstić information content (AvgIpc) is 3.40. The van der Waals surface area contributed by atoms with Crippen LogP contribution < -0.4 is 10.6 Å². The van der Waals surface area contributed by atoms with Crippen LogP contribution in [0.4, 0.5) is 16.0 Å². The molecule has 0 bridgehead atoms. The van der Waals surface area contributed by atoms with Crippen LogP contribution in [0.25, 0.3) is 22.6 Å². The van der Waals surface area contributed by atoms with E-state index in [0.29, 0.717) is 53.1 Å². The first kappa shape index (κ1) is 26.4. The Labute approximate surface area is 223 Å². The van der Waals surface area contributed by atoms with Crippen molar-refractivity contribution >= 4 is 17.5 Å². The van der Waals surface area contributed by atoms with Gasteiger partial charge in [0.1, 0.15) is 5.82 Å². The molecule has 0 unspecified atom stereocenters. The van der Waals surface area contributed by atoms with Crippen molar-refractivity contribution in [3.05, 3.63) is 72.7 Å². The van der Waals surface area contributed by atoms with Gasteiger partial charge in [-0.3, -0.25) is 9.78 Å². The zero-order valence-electron chi connectivity index (χ0n) is 21.2. The molecule has 1 saturated heterocycles. The summed E-state index contributed by atoms with van der Waals surface area (Å²) in [5.74, 6) is 0.177. The Bertz CT molecular complexity index is 1410. The smallest absolute Gasteiger partial charge is 0.235 e. The van der Waals surface area contributed by atoms with Crippen LogP contribution in [0.2, 0.25) is 0 Å². The first-order valence-corrected chi connectivity index (χ1v) is 12.4. The summed E-state index contributed by atoms with van der Waals surface area (Å²) in [6.07, 6.45) is 4.50. The Morgan fingerprint density at radius 2 is 1.85 bits per heavy atom. The minimum absolute atomic E-state index is 0.0527. The number of anilines is 2. The summed E-state index contributed by atoms with van der Waals surface area (Å²) in [4.78, 5) is 33.7. The second kappa shape index (κ2) is 11.6. The molecule has 4 aromatic rings. The molecule has 11 nitrogen and oxygen atoms in total. The van der Waals surface area contributed by atoms with Crippen LogP contribution in [0.15, 0.2) is 61.1 Å². The number of carbonyl (C=O) groups excluding carboxylic acids is 1. The fraction of sp³-hybridized carbons (Fsp3) is 0.296. The van der Waals surface area contributed by atoms with E-state index in [1.807, 2.05) is 0 Å². The normalized spacial score (nSPS) is 19.0. The van der Waals surface area contributed by atoms with E-state index in [-0.39, 0.29) is 31.5 Å². The molecule has 1 amide bonds. The van der Waals surface area contributed by atoms with E-state index in [4.69, 9.17) is 19.6 Å². The first-order valence-electron chi connectivity index (χ1n) is 12.4. The summed E-state index contributed by atoms with van der Waals surface area (Å²) in [5.41, 5.74) is 2.03. The third-order valence-electron chi connectivity index (χ3n) is 6.19. The number of amides is 1. The van der Waals surface area contributed by atoms with E-state index in [1.165, 1.54) is 12.1 Å². The van der Waals surface area contributed by atoms with Gasteiger partial charge in [-0.2, -0.15) is 0 Å². The van der Waals surface area contributed by atoms with E-state index < -0.39 is 11.7 Å². The average molecular weight is 534 g/mol. The lowest BCUT2D eigenvalue weighted by Gasteiger charge is -2.35. The SMILES string of the molecule is CC1(C(=O)Nc2ccncc2)COC(c2nc(-c3ccc(F)cc3)c(-c3ccnc(NCCCO)n3)[nH]2)OC1. The molecular formula is C27H28FN7O4. The highest BCUT2D eigenvalue weighted by Gasteiger charge is 2.41. The Hall–Kier alpha value is -4.26. The molecular weight excluding hydrogens is 505 g/mol. The van der Waals surface area contributed by atoms with E-state index >= 15 is 0 Å². The summed E-state index contributed by atoms with van der Waals surface area (Å²) in [6.45, 7) is 2.53. The molecule has 0 spiro atoms. The van der Waals surface area contributed by atoms with Gasteiger partial charge in [0.25, 0.3) is 0 Å². The molecule has 12 heteroatoms. The predicted octanol–water partition coefficient (Wildman–Crippen LogP) is 3.55. The molecule has 4 heterocycles. The van der Waals surface area contributed by atoms with Gasteiger partial charge in [0.2, 0.25) is 18.1 Å². The quantitative estimate of drug-likeness (QED) is 0.237. The van der Waals surface area contributed by atoms with Gasteiger partial charge in [-0.25, -0.2) is 19.3 Å². The van der Waals surface area contributed by atoms with Crippen molar-refractivity contribution < 1.29 is 23.8 Å². The molecule has 202 valence electrons. The van der Waals surface area contributed by atoms with Crippen molar-refractivity contribution in [2.24, 2.45) is 5.41 Å². The lowest BCUT2D eigenvalue weighted by Crippen LogP contribution is -2.45. The minimum Gasteiger partial charge on any atom is -0.396 e. The predicted molar refractivity (Wildman–Crippen MR) is 141 cm³/mol. The molecule has 0 atom stereocenters. The summed E-state index contributed by atoms with van der Waals surface area (Å²) in [5, 5.41) is 15.0. The highest BCUT2D eigenvalue weighted by atomic mass is 19.1. The molecule has 4 N–H and O–H groups in total. The molecule has 1 aromatic carbocycles. The maximum Gasteiger partial charge on any atom is 0.235 e. The van der Waals surface area contributed by atoms with Crippen molar-refractivity contribution in [1.29, 1.82) is 0 Å². The fourth-order valence-electron chi connectivity index (χ4n) is 3.98. The van der Waals surface area contributed by atoms with Crippen molar-refractivity contribution in [3.8, 4) is 22.6 Å². The van der Waals surface area contributed by atoms with Crippen LogP contribution in [0.5, 0.6) is 0 Å². The van der Waals surface area contributed by atoms with Crippen LogP contribution in [0.1, 0.15) is 25.5 Å². The number of aromatic nitrogens is 5. The number of benzene rings is 1. The molecule has 0 aliphatic carbocycles. The number of aromatic amines is 1. The molecule has 0 radical (unpaired) electrons. The molecule has 3 aromatic heterocycles. The number of halogens is 1. The standard InChI is InChI=1S/C27H28FN7O4/c1-27(25(37)32-19-7-11-29-12-8-19)15-38-24(39-16-27)23-34-21(17-3-5-18(28)6-4-17)22(35-23)20-9-13-31-26(33-20)30-10-2-14-36/h3-9,11-13,24,36H,2,10,14-16H2,1H3,(H,34,35)(H,29,32,37)(H,30,31,33). The number of carbonyl (C=O) groups is 1. The van der Waals surface area contributed by atoms with E-state index in [2.05, 4.69) is 30.6 Å². The lowest BCUT2D eigenvalue weighted by molar-refractivity contribution is -0.229. The number of rotatable bonds is 9. The van der Waals surface area contributed by atoms with Gasteiger partial charge in [0.15, 0.2) is 5.82 Å². The monoisotopic (exact) mass is 533 g/mol. The number of pyridine rings is 1. The van der Waals surface area contributed by atoms with Crippen molar-refractivity contribution in [2.45, 2.75) is 19.6 Å². The van der Waals surface area contributed by atoms with Crippen molar-refractivity contribution in [3.63, 3.8) is 0 Å². The van der Waals surface area contributed by atoms with Crippen LogP contribution >= 0.6 is 0 Å². The Morgan fingerprint density at radius 1 is 1.10 bits per heavy atom. The second-order valence-electron chi connectivity index (χ2n) is 9.33. The summed E-state index contributed by atoms with van der Waals surface area (Å²) >= 11 is 0. The Kier molecular flexibility index (Phi) is 7.87. The minimum atomic E-state index is -0.920. The van der Waals surface area contributed by atoms with Crippen LogP contribution in [0, 0.1) is 11.2 Å². The number of hydrogen-bond acceptors (Lipinski definition) is 9. The van der Waals surface area contributed by atoms with Gasteiger partial charge < -0.3 is 30.2 Å². The summed E-state index contributed by atoms with van der Waals surface area (Å²) < 4.78 is 25.6. The van der Waals surface area contributed by atoms with Gasteiger partial charge in [-0.05, 0) is 55.8 Å². The fourth-order valence-corrected chi connectivity index (χ4v) is 3.98. The third kappa shape index (κ3) is 6.08. The molecule has 1 aliphatic heterocycles. The summed E-state index contributed by atoms with van der Waals surface area (Å²) in [7, 11) is 0. The molecule has 39 heavy (non-hydrogen) atoms. The third-order valence-corrected chi connectivity index (χ3v) is 6.19. The molecule has 1 aliphatic rings. The maximum absolute atomic E-state index is 13.6. The maximum atomic E-state index is 13.6. The topological polar surface area (TPSA) is 147 Å². The summed E-state index contributed by atoms with van der Waals surface area (Å²) in [6, 6.07) is 11.1. The highest BCUT2D eigenvalue weighted by Crippen LogP contribution is 2.36. The van der Waals surface area contributed by atoms with E-state index in [9.17, 15) is 9.18 Å². The lowest BCUT2D eigenvalue weighted by atomic mass is 9.91. The zero-order chi connectivity index (χ0) is 27.2.